The van der Waals surface area contributed by atoms with E-state index in [0.717, 1.165) is 18.8 Å². The van der Waals surface area contributed by atoms with Gasteiger partial charge in [-0.15, -0.1) is 0 Å². The Morgan fingerprint density at radius 3 is 2.94 bits per heavy atom. The Morgan fingerprint density at radius 2 is 2.29 bits per heavy atom. The lowest BCUT2D eigenvalue weighted by molar-refractivity contribution is -0.0815. The third-order valence-corrected chi connectivity index (χ3v) is 2.42. The van der Waals surface area contributed by atoms with Crippen LogP contribution in [0.3, 0.4) is 0 Å². The number of rotatable bonds is 6. The van der Waals surface area contributed by atoms with E-state index in [2.05, 4.69) is 29.1 Å². The van der Waals surface area contributed by atoms with Gasteiger partial charge in [-0.05, 0) is 12.5 Å². The van der Waals surface area contributed by atoms with Gasteiger partial charge in [-0.1, -0.05) is 13.8 Å². The molecule has 17 heavy (non-hydrogen) atoms. The SMILES string of the molecule is CC(C)CNCc1cncc(OC2COC2)n1. The summed E-state index contributed by atoms with van der Waals surface area (Å²) in [6.07, 6.45) is 3.55. The molecule has 94 valence electrons. The largest absolute Gasteiger partial charge is 0.468 e. The summed E-state index contributed by atoms with van der Waals surface area (Å²) in [6.45, 7) is 7.35. The smallest absolute Gasteiger partial charge is 0.233 e. The summed E-state index contributed by atoms with van der Waals surface area (Å²) in [6, 6.07) is 0. The predicted molar refractivity (Wildman–Crippen MR) is 63.8 cm³/mol. The molecule has 0 spiro atoms. The molecule has 1 fully saturated rings. The maximum absolute atomic E-state index is 5.59. The van der Waals surface area contributed by atoms with Gasteiger partial charge in [-0.2, -0.15) is 0 Å². The lowest BCUT2D eigenvalue weighted by atomic mass is 10.2. The molecule has 1 aliphatic rings. The fourth-order valence-electron chi connectivity index (χ4n) is 1.47. The summed E-state index contributed by atoms with van der Waals surface area (Å²) in [4.78, 5) is 8.51. The van der Waals surface area contributed by atoms with Crippen LogP contribution in [0.15, 0.2) is 12.4 Å². The first-order valence-electron chi connectivity index (χ1n) is 6.00. The quantitative estimate of drug-likeness (QED) is 0.800. The van der Waals surface area contributed by atoms with Crippen LogP contribution in [0.1, 0.15) is 19.5 Å². The van der Waals surface area contributed by atoms with Crippen LogP contribution in [-0.4, -0.2) is 35.8 Å². The van der Waals surface area contributed by atoms with Crippen molar-refractivity contribution in [3.63, 3.8) is 0 Å². The van der Waals surface area contributed by atoms with E-state index in [1.807, 2.05) is 0 Å². The van der Waals surface area contributed by atoms with Crippen LogP contribution in [0.25, 0.3) is 0 Å². The molecule has 1 aromatic heterocycles. The van der Waals surface area contributed by atoms with E-state index in [1.165, 1.54) is 0 Å². The lowest BCUT2D eigenvalue weighted by Gasteiger charge is -2.25. The molecule has 1 N–H and O–H groups in total. The second kappa shape index (κ2) is 5.93. The number of nitrogens with one attached hydrogen (secondary N) is 1. The minimum atomic E-state index is 0.142. The first-order chi connectivity index (χ1) is 8.24. The topological polar surface area (TPSA) is 56.3 Å². The fourth-order valence-corrected chi connectivity index (χ4v) is 1.47. The van der Waals surface area contributed by atoms with Crippen molar-refractivity contribution in [2.24, 2.45) is 5.92 Å². The third-order valence-electron chi connectivity index (χ3n) is 2.42. The van der Waals surface area contributed by atoms with Crippen molar-refractivity contribution in [3.05, 3.63) is 18.1 Å². The summed E-state index contributed by atoms with van der Waals surface area (Å²) in [5.74, 6) is 1.22. The summed E-state index contributed by atoms with van der Waals surface area (Å²) in [5, 5.41) is 3.33. The maximum atomic E-state index is 5.59. The molecule has 0 aliphatic carbocycles. The van der Waals surface area contributed by atoms with Gasteiger partial charge in [-0.25, -0.2) is 4.98 Å². The fraction of sp³-hybridized carbons (Fsp3) is 0.667. The first kappa shape index (κ1) is 12.3. The summed E-state index contributed by atoms with van der Waals surface area (Å²) in [5.41, 5.74) is 0.906. The second-order valence-corrected chi connectivity index (χ2v) is 4.65. The number of hydrogen-bond acceptors (Lipinski definition) is 5. The van der Waals surface area contributed by atoms with Gasteiger partial charge in [0.25, 0.3) is 0 Å². The van der Waals surface area contributed by atoms with E-state index in [4.69, 9.17) is 9.47 Å². The van der Waals surface area contributed by atoms with Crippen molar-refractivity contribution in [2.75, 3.05) is 19.8 Å². The third kappa shape index (κ3) is 3.94. The van der Waals surface area contributed by atoms with E-state index >= 15 is 0 Å². The van der Waals surface area contributed by atoms with Crippen LogP contribution in [0.4, 0.5) is 0 Å². The molecule has 2 rings (SSSR count). The summed E-state index contributed by atoms with van der Waals surface area (Å²) < 4.78 is 10.6. The van der Waals surface area contributed by atoms with E-state index < -0.39 is 0 Å². The minimum absolute atomic E-state index is 0.142. The number of aromatic nitrogens is 2. The summed E-state index contributed by atoms with van der Waals surface area (Å²) in [7, 11) is 0. The normalized spacial score (nSPS) is 15.9. The minimum Gasteiger partial charge on any atom is -0.468 e. The van der Waals surface area contributed by atoms with Crippen LogP contribution < -0.4 is 10.1 Å². The van der Waals surface area contributed by atoms with Crippen LogP contribution >= 0.6 is 0 Å². The molecule has 1 saturated heterocycles. The van der Waals surface area contributed by atoms with E-state index in [0.29, 0.717) is 25.0 Å². The molecule has 0 aromatic carbocycles. The number of nitrogens with zero attached hydrogens (tertiary/aromatic N) is 2. The van der Waals surface area contributed by atoms with Gasteiger partial charge in [0.2, 0.25) is 5.88 Å². The highest BCUT2D eigenvalue weighted by Crippen LogP contribution is 2.12. The van der Waals surface area contributed by atoms with Gasteiger partial charge in [0, 0.05) is 12.7 Å². The summed E-state index contributed by atoms with van der Waals surface area (Å²) >= 11 is 0. The van der Waals surface area contributed by atoms with Gasteiger partial charge < -0.3 is 14.8 Å². The van der Waals surface area contributed by atoms with Crippen molar-refractivity contribution >= 4 is 0 Å². The van der Waals surface area contributed by atoms with E-state index in [1.54, 1.807) is 12.4 Å². The average molecular weight is 237 g/mol. The molecule has 5 heteroatoms. The lowest BCUT2D eigenvalue weighted by Crippen LogP contribution is -2.38. The highest BCUT2D eigenvalue weighted by atomic mass is 16.6. The Hall–Kier alpha value is -1.20. The average Bonchev–Trinajstić information content (AvgIpc) is 2.24. The van der Waals surface area contributed by atoms with Gasteiger partial charge in [0.05, 0.1) is 25.1 Å². The van der Waals surface area contributed by atoms with Gasteiger partial charge in [-0.3, -0.25) is 4.98 Å². The molecule has 0 radical (unpaired) electrons. The molecule has 2 heterocycles. The van der Waals surface area contributed by atoms with Gasteiger partial charge in [0.1, 0.15) is 6.10 Å². The molecular formula is C12H19N3O2. The van der Waals surface area contributed by atoms with Crippen LogP contribution in [0.5, 0.6) is 5.88 Å². The van der Waals surface area contributed by atoms with Crippen LogP contribution in [0, 0.1) is 5.92 Å². The van der Waals surface area contributed by atoms with Crippen molar-refractivity contribution < 1.29 is 9.47 Å². The number of hydrogen-bond donors (Lipinski definition) is 1. The molecule has 0 unspecified atom stereocenters. The van der Waals surface area contributed by atoms with Crippen LogP contribution in [-0.2, 0) is 11.3 Å². The Morgan fingerprint density at radius 1 is 1.47 bits per heavy atom. The van der Waals surface area contributed by atoms with Crippen molar-refractivity contribution in [2.45, 2.75) is 26.5 Å². The Balaban J connectivity index is 1.82. The van der Waals surface area contributed by atoms with E-state index in [-0.39, 0.29) is 6.10 Å². The Labute approximate surface area is 102 Å². The number of ether oxygens (including phenoxy) is 2. The predicted octanol–water partition coefficient (Wildman–Crippen LogP) is 1.000. The zero-order valence-electron chi connectivity index (χ0n) is 10.3. The van der Waals surface area contributed by atoms with Crippen molar-refractivity contribution in [3.8, 4) is 5.88 Å². The molecule has 0 atom stereocenters. The van der Waals surface area contributed by atoms with Crippen molar-refractivity contribution in [1.82, 2.24) is 15.3 Å². The standard InChI is InChI=1S/C12H19N3O2/c1-9(2)3-13-4-10-5-14-6-12(15-10)17-11-7-16-8-11/h5-6,9,11,13H,3-4,7-8H2,1-2H3. The Kier molecular flexibility index (Phi) is 4.28. The second-order valence-electron chi connectivity index (χ2n) is 4.65. The van der Waals surface area contributed by atoms with Crippen LogP contribution in [0.2, 0.25) is 0 Å². The van der Waals surface area contributed by atoms with Gasteiger partial charge >= 0.3 is 0 Å². The maximum Gasteiger partial charge on any atom is 0.233 e. The molecular weight excluding hydrogens is 218 g/mol. The molecule has 1 aliphatic heterocycles. The molecule has 0 saturated carbocycles. The molecule has 0 amide bonds. The highest BCUT2D eigenvalue weighted by molar-refractivity contribution is 5.09. The monoisotopic (exact) mass is 237 g/mol. The Bertz CT molecular complexity index is 353. The zero-order chi connectivity index (χ0) is 12.1. The molecule has 1 aromatic rings. The van der Waals surface area contributed by atoms with Crippen molar-refractivity contribution in [1.29, 1.82) is 0 Å². The van der Waals surface area contributed by atoms with Gasteiger partial charge in [0.15, 0.2) is 0 Å². The van der Waals surface area contributed by atoms with E-state index in [9.17, 15) is 0 Å². The zero-order valence-corrected chi connectivity index (χ0v) is 10.3. The highest BCUT2D eigenvalue weighted by Gasteiger charge is 2.20. The molecule has 5 nitrogen and oxygen atoms in total. The first-order valence-corrected chi connectivity index (χ1v) is 6.00. The molecule has 0 bridgehead atoms.